The number of hydrogen-bond acceptors (Lipinski definition) is 6. The van der Waals surface area contributed by atoms with Crippen LogP contribution in [0.2, 0.25) is 0 Å². The second-order valence-electron chi connectivity index (χ2n) is 6.50. The summed E-state index contributed by atoms with van der Waals surface area (Å²) in [6.45, 7) is 0. The summed E-state index contributed by atoms with van der Waals surface area (Å²) in [5, 5.41) is 11.4. The molecule has 0 aliphatic heterocycles. The van der Waals surface area contributed by atoms with Crippen LogP contribution in [0.25, 0.3) is 0 Å². The van der Waals surface area contributed by atoms with Gasteiger partial charge < -0.3 is 9.47 Å². The first kappa shape index (κ1) is 19.0. The quantitative estimate of drug-likeness (QED) is 0.286. The number of aromatic nitrogens is 3. The molecule has 2 aromatic carbocycles. The molecule has 1 aliphatic rings. The van der Waals surface area contributed by atoms with E-state index in [1.54, 1.807) is 35.2 Å². The molecule has 1 aliphatic carbocycles. The number of esters is 1. The third-order valence-corrected chi connectivity index (χ3v) is 4.69. The van der Waals surface area contributed by atoms with Gasteiger partial charge >= 0.3 is 5.97 Å². The number of nitrogens with zero attached hydrogens (tertiary/aromatic N) is 3. The number of aromatic amines is 1. The largest absolute Gasteiger partial charge is 0.493 e. The van der Waals surface area contributed by atoms with Crippen LogP contribution in [0.5, 0.6) is 11.5 Å². The van der Waals surface area contributed by atoms with Crippen LogP contribution in [0.15, 0.2) is 47.6 Å². The van der Waals surface area contributed by atoms with Gasteiger partial charge in [0.25, 0.3) is 0 Å². The first-order valence-electron chi connectivity index (χ1n) is 8.93. The maximum absolute atomic E-state index is 13.8. The molecule has 0 bridgehead atoms. The Morgan fingerprint density at radius 1 is 1.31 bits per heavy atom. The van der Waals surface area contributed by atoms with Crippen LogP contribution in [0.3, 0.4) is 0 Å². The van der Waals surface area contributed by atoms with Crippen LogP contribution in [-0.2, 0) is 0 Å². The van der Waals surface area contributed by atoms with E-state index in [9.17, 15) is 9.18 Å². The topological polar surface area (TPSA) is 81.5 Å². The number of rotatable bonds is 6. The summed E-state index contributed by atoms with van der Waals surface area (Å²) in [7, 11) is 1.45. The predicted molar refractivity (Wildman–Crippen MR) is 107 cm³/mol. The zero-order valence-electron chi connectivity index (χ0n) is 15.5. The maximum Gasteiger partial charge on any atom is 0.346 e. The molecule has 0 radical (unpaired) electrons. The van der Waals surface area contributed by atoms with E-state index in [-0.39, 0.29) is 11.3 Å². The molecule has 1 heterocycles. The molecule has 1 aromatic heterocycles. The highest BCUT2D eigenvalue weighted by Gasteiger charge is 2.29. The number of H-pyrrole nitrogens is 1. The fourth-order valence-electron chi connectivity index (χ4n) is 2.78. The van der Waals surface area contributed by atoms with Crippen LogP contribution in [0.4, 0.5) is 4.39 Å². The fraction of sp³-hybridized carbons (Fsp3) is 0.200. The number of carbonyl (C=O) groups excluding carboxylic acids is 1. The first-order valence-corrected chi connectivity index (χ1v) is 9.34. The molecular formula is C20H17FN4O3S. The molecule has 3 aromatic rings. The molecule has 4 rings (SSSR count). The predicted octanol–water partition coefficient (Wildman–Crippen LogP) is 4.07. The molecular weight excluding hydrogens is 395 g/mol. The Labute approximate surface area is 170 Å². The van der Waals surface area contributed by atoms with Crippen molar-refractivity contribution in [3.8, 4) is 11.5 Å². The molecule has 29 heavy (non-hydrogen) atoms. The lowest BCUT2D eigenvalue weighted by molar-refractivity contribution is 0.0725. The van der Waals surface area contributed by atoms with E-state index in [1.165, 1.54) is 25.3 Å². The lowest BCUT2D eigenvalue weighted by atomic mass is 10.2. The van der Waals surface area contributed by atoms with Gasteiger partial charge in [-0.25, -0.2) is 9.18 Å². The maximum atomic E-state index is 13.8. The number of halogens is 1. The van der Waals surface area contributed by atoms with Crippen LogP contribution in [-0.4, -0.2) is 34.2 Å². The molecule has 0 saturated heterocycles. The smallest absolute Gasteiger partial charge is 0.346 e. The van der Waals surface area contributed by atoms with E-state index >= 15 is 0 Å². The van der Waals surface area contributed by atoms with Crippen molar-refractivity contribution in [1.29, 1.82) is 0 Å². The van der Waals surface area contributed by atoms with Crippen LogP contribution in [0.1, 0.15) is 40.5 Å². The van der Waals surface area contributed by atoms with Gasteiger partial charge in [0.2, 0.25) is 4.77 Å². The summed E-state index contributed by atoms with van der Waals surface area (Å²) in [4.78, 5) is 12.2. The minimum Gasteiger partial charge on any atom is -0.493 e. The number of nitrogens with one attached hydrogen (secondary N) is 1. The molecule has 1 saturated carbocycles. The summed E-state index contributed by atoms with van der Waals surface area (Å²) >= 11 is 5.23. The molecule has 0 spiro atoms. The average Bonchev–Trinajstić information content (AvgIpc) is 3.50. The fourth-order valence-corrected chi connectivity index (χ4v) is 2.96. The third kappa shape index (κ3) is 4.09. The van der Waals surface area contributed by atoms with E-state index < -0.39 is 11.8 Å². The van der Waals surface area contributed by atoms with Gasteiger partial charge in [-0.2, -0.15) is 14.9 Å². The molecule has 148 valence electrons. The Kier molecular flexibility index (Phi) is 5.22. The van der Waals surface area contributed by atoms with Crippen molar-refractivity contribution in [3.63, 3.8) is 0 Å². The number of hydrogen-bond donors (Lipinski definition) is 1. The van der Waals surface area contributed by atoms with Gasteiger partial charge in [-0.3, -0.25) is 5.10 Å². The van der Waals surface area contributed by atoms with Gasteiger partial charge in [0.1, 0.15) is 5.82 Å². The van der Waals surface area contributed by atoms with E-state index in [1.807, 2.05) is 0 Å². The minimum atomic E-state index is -0.804. The molecule has 0 unspecified atom stereocenters. The van der Waals surface area contributed by atoms with Gasteiger partial charge in [-0.1, -0.05) is 12.1 Å². The lowest BCUT2D eigenvalue weighted by Crippen LogP contribution is -2.11. The minimum absolute atomic E-state index is 0.151. The number of ether oxygens (including phenoxy) is 2. The highest BCUT2D eigenvalue weighted by atomic mass is 32.1. The van der Waals surface area contributed by atoms with E-state index in [0.29, 0.717) is 22.0 Å². The van der Waals surface area contributed by atoms with Crippen molar-refractivity contribution in [2.24, 2.45) is 5.10 Å². The van der Waals surface area contributed by atoms with Gasteiger partial charge in [-0.15, -0.1) is 0 Å². The zero-order valence-corrected chi connectivity index (χ0v) is 16.3. The van der Waals surface area contributed by atoms with Gasteiger partial charge in [-0.05, 0) is 61.0 Å². The number of methoxy groups -OCH3 is 1. The Morgan fingerprint density at radius 2 is 2.10 bits per heavy atom. The molecule has 9 heteroatoms. The molecule has 1 N–H and O–H groups in total. The van der Waals surface area contributed by atoms with E-state index in [0.717, 1.165) is 18.7 Å². The Balaban J connectivity index is 1.56. The molecule has 0 atom stereocenters. The normalized spacial score (nSPS) is 13.6. The summed E-state index contributed by atoms with van der Waals surface area (Å²) in [6.07, 6.45) is 3.76. The summed E-state index contributed by atoms with van der Waals surface area (Å²) < 4.78 is 26.4. The van der Waals surface area contributed by atoms with Gasteiger partial charge in [0.15, 0.2) is 17.3 Å². The lowest BCUT2D eigenvalue weighted by Gasteiger charge is -2.10. The molecule has 7 nitrogen and oxygen atoms in total. The average molecular weight is 412 g/mol. The highest BCUT2D eigenvalue weighted by molar-refractivity contribution is 7.71. The Morgan fingerprint density at radius 3 is 2.83 bits per heavy atom. The van der Waals surface area contributed by atoms with E-state index in [2.05, 4.69) is 15.3 Å². The van der Waals surface area contributed by atoms with Crippen molar-refractivity contribution in [2.45, 2.75) is 18.8 Å². The highest BCUT2D eigenvalue weighted by Crippen LogP contribution is 2.38. The summed E-state index contributed by atoms with van der Waals surface area (Å²) in [5.41, 5.74) is 0.555. The van der Waals surface area contributed by atoms with Crippen molar-refractivity contribution in [1.82, 2.24) is 14.9 Å². The number of benzene rings is 2. The van der Waals surface area contributed by atoms with Crippen molar-refractivity contribution in [3.05, 3.63) is 70.0 Å². The van der Waals surface area contributed by atoms with Crippen LogP contribution >= 0.6 is 12.2 Å². The van der Waals surface area contributed by atoms with Crippen molar-refractivity contribution in [2.75, 3.05) is 7.11 Å². The zero-order chi connectivity index (χ0) is 20.4. The Hall–Kier alpha value is -3.33. The van der Waals surface area contributed by atoms with Gasteiger partial charge in [0, 0.05) is 5.92 Å². The monoisotopic (exact) mass is 412 g/mol. The van der Waals surface area contributed by atoms with Crippen molar-refractivity contribution >= 4 is 24.4 Å². The summed E-state index contributed by atoms with van der Waals surface area (Å²) in [6, 6.07) is 10.6. The van der Waals surface area contributed by atoms with Crippen LogP contribution in [0, 0.1) is 10.6 Å². The summed E-state index contributed by atoms with van der Waals surface area (Å²) in [5.74, 6) is 0.238. The van der Waals surface area contributed by atoms with Crippen LogP contribution < -0.4 is 9.47 Å². The first-order chi connectivity index (χ1) is 14.1. The second kappa shape index (κ2) is 7.96. The molecule has 1 fully saturated rings. The second-order valence-corrected chi connectivity index (χ2v) is 6.88. The Bertz CT molecular complexity index is 1150. The standard InChI is InChI=1S/C20H17FN4O3S/c1-27-17-10-12(11-22-25-18(13-7-8-13)23-24-20(25)29)6-9-16(17)28-19(26)14-4-2-3-5-15(14)21/h2-6,9-11,13H,7-8H2,1H3,(H,24,29)/b22-11-. The molecule has 0 amide bonds. The van der Waals surface area contributed by atoms with Crippen molar-refractivity contribution < 1.29 is 18.7 Å². The third-order valence-electron chi connectivity index (χ3n) is 4.42. The number of carbonyl (C=O) groups is 1. The van der Waals surface area contributed by atoms with Gasteiger partial charge in [0.05, 0.1) is 18.9 Å². The van der Waals surface area contributed by atoms with E-state index in [4.69, 9.17) is 21.7 Å². The SMILES string of the molecule is COc1cc(/C=N\n2c(C3CC3)n[nH]c2=S)ccc1OC(=O)c1ccccc1F.